The molecule has 0 saturated carbocycles. The van der Waals surface area contributed by atoms with Crippen LogP contribution in [0.15, 0.2) is 49.6 Å². The largest absolute Gasteiger partial charge is 0.198 e. The van der Waals surface area contributed by atoms with E-state index in [9.17, 15) is 0 Å². The van der Waals surface area contributed by atoms with Gasteiger partial charge < -0.3 is 0 Å². The fraction of sp³-hybridized carbons (Fsp3) is 0.154. The second kappa shape index (κ2) is 5.38. The van der Waals surface area contributed by atoms with E-state index in [1.54, 1.807) is 24.3 Å². The van der Waals surface area contributed by atoms with Crippen molar-refractivity contribution < 1.29 is 0 Å². The molecule has 0 aromatic heterocycles. The van der Waals surface area contributed by atoms with Crippen molar-refractivity contribution in [3.05, 3.63) is 60.2 Å². The number of hydrogen-bond donors (Lipinski definition) is 0. The predicted molar refractivity (Wildman–Crippen MR) is 63.7 cm³/mol. The summed E-state index contributed by atoms with van der Waals surface area (Å²) < 4.78 is 0. The second-order valence-electron chi connectivity index (χ2n) is 3.21. The Morgan fingerprint density at radius 3 is 2.13 bits per heavy atom. The molecule has 15 heavy (non-hydrogen) atoms. The monoisotopic (exact) mass is 217 g/mol. The van der Waals surface area contributed by atoms with E-state index in [0.29, 0.717) is 5.02 Å². The lowest BCUT2D eigenvalue weighted by Gasteiger charge is -2.14. The van der Waals surface area contributed by atoms with Gasteiger partial charge in [0.15, 0.2) is 0 Å². The summed E-state index contributed by atoms with van der Waals surface area (Å²) in [7, 11) is 0. The van der Waals surface area contributed by atoms with Crippen molar-refractivity contribution in [3.63, 3.8) is 0 Å². The zero-order valence-electron chi connectivity index (χ0n) is 8.36. The molecule has 0 aliphatic heterocycles. The van der Waals surface area contributed by atoms with E-state index >= 15 is 0 Å². The predicted octanol–water partition coefficient (Wildman–Crippen LogP) is 3.94. The molecule has 1 rings (SSSR count). The topological polar surface area (TPSA) is 23.8 Å². The van der Waals surface area contributed by atoms with Crippen LogP contribution in [0.3, 0.4) is 0 Å². The summed E-state index contributed by atoms with van der Waals surface area (Å²) in [5.74, 6) is -0.270. The highest BCUT2D eigenvalue weighted by atomic mass is 35.5. The summed E-state index contributed by atoms with van der Waals surface area (Å²) in [6.45, 7) is 7.39. The SMILES string of the molecule is C=CC(C=C)C(C#N)c1ccc(Cl)cc1. The summed E-state index contributed by atoms with van der Waals surface area (Å²) in [5.41, 5.74) is 0.937. The van der Waals surface area contributed by atoms with Gasteiger partial charge in [-0.15, -0.1) is 13.2 Å². The minimum Gasteiger partial charge on any atom is -0.198 e. The number of benzene rings is 1. The lowest BCUT2D eigenvalue weighted by molar-refractivity contribution is 0.722. The van der Waals surface area contributed by atoms with Crippen molar-refractivity contribution in [1.82, 2.24) is 0 Å². The molecule has 1 nitrogen and oxygen atoms in total. The minimum absolute atomic E-state index is 0.0313. The van der Waals surface area contributed by atoms with Crippen LogP contribution in [-0.4, -0.2) is 0 Å². The van der Waals surface area contributed by atoms with Crippen LogP contribution in [0.2, 0.25) is 5.02 Å². The summed E-state index contributed by atoms with van der Waals surface area (Å²) in [4.78, 5) is 0. The molecule has 0 radical (unpaired) electrons. The molecule has 0 N–H and O–H groups in total. The van der Waals surface area contributed by atoms with Crippen LogP contribution in [0.1, 0.15) is 11.5 Å². The molecular formula is C13H12ClN. The molecule has 1 unspecified atom stereocenters. The van der Waals surface area contributed by atoms with Gasteiger partial charge >= 0.3 is 0 Å². The zero-order valence-corrected chi connectivity index (χ0v) is 9.11. The smallest absolute Gasteiger partial charge is 0.0809 e. The van der Waals surface area contributed by atoms with Gasteiger partial charge in [0, 0.05) is 10.9 Å². The van der Waals surface area contributed by atoms with Crippen molar-refractivity contribution >= 4 is 11.6 Å². The van der Waals surface area contributed by atoms with Gasteiger partial charge in [-0.2, -0.15) is 5.26 Å². The van der Waals surface area contributed by atoms with Crippen molar-refractivity contribution in [1.29, 1.82) is 5.26 Å². The van der Waals surface area contributed by atoms with Crippen LogP contribution < -0.4 is 0 Å². The highest BCUT2D eigenvalue weighted by molar-refractivity contribution is 6.30. The van der Waals surface area contributed by atoms with Crippen molar-refractivity contribution in [2.45, 2.75) is 5.92 Å². The van der Waals surface area contributed by atoms with E-state index in [-0.39, 0.29) is 11.8 Å². The Bertz CT molecular complexity index is 378. The van der Waals surface area contributed by atoms with Gasteiger partial charge in [-0.3, -0.25) is 0 Å². The Morgan fingerprint density at radius 2 is 1.73 bits per heavy atom. The van der Waals surface area contributed by atoms with Crippen molar-refractivity contribution in [2.24, 2.45) is 5.92 Å². The quantitative estimate of drug-likeness (QED) is 0.701. The van der Waals surface area contributed by atoms with E-state index < -0.39 is 0 Å². The molecule has 0 bridgehead atoms. The Kier molecular flexibility index (Phi) is 4.15. The Hall–Kier alpha value is -1.52. The van der Waals surface area contributed by atoms with Crippen LogP contribution >= 0.6 is 11.6 Å². The molecule has 0 aliphatic carbocycles. The van der Waals surface area contributed by atoms with Gasteiger partial charge in [0.2, 0.25) is 0 Å². The van der Waals surface area contributed by atoms with Gasteiger partial charge in [0.1, 0.15) is 0 Å². The van der Waals surface area contributed by atoms with Gasteiger partial charge in [-0.1, -0.05) is 35.9 Å². The fourth-order valence-corrected chi connectivity index (χ4v) is 1.55. The molecule has 1 aromatic carbocycles. The van der Waals surface area contributed by atoms with Crippen LogP contribution in [0.25, 0.3) is 0 Å². The van der Waals surface area contributed by atoms with Gasteiger partial charge in [-0.25, -0.2) is 0 Å². The van der Waals surface area contributed by atoms with E-state index in [1.807, 2.05) is 12.1 Å². The zero-order chi connectivity index (χ0) is 11.3. The molecule has 0 heterocycles. The number of halogens is 1. The van der Waals surface area contributed by atoms with Crippen LogP contribution in [0.4, 0.5) is 0 Å². The summed E-state index contributed by atoms with van der Waals surface area (Å²) in [5, 5.41) is 9.77. The molecule has 2 heteroatoms. The Morgan fingerprint density at radius 1 is 1.20 bits per heavy atom. The van der Waals surface area contributed by atoms with E-state index in [2.05, 4.69) is 19.2 Å². The van der Waals surface area contributed by atoms with E-state index in [0.717, 1.165) is 5.56 Å². The van der Waals surface area contributed by atoms with Crippen LogP contribution in [0, 0.1) is 17.2 Å². The van der Waals surface area contributed by atoms with Crippen molar-refractivity contribution in [2.75, 3.05) is 0 Å². The molecule has 0 saturated heterocycles. The van der Waals surface area contributed by atoms with E-state index in [4.69, 9.17) is 16.9 Å². The molecule has 0 amide bonds. The summed E-state index contributed by atoms with van der Waals surface area (Å²) >= 11 is 5.78. The number of hydrogen-bond acceptors (Lipinski definition) is 1. The maximum absolute atomic E-state index is 9.10. The van der Waals surface area contributed by atoms with Gasteiger partial charge in [0.25, 0.3) is 0 Å². The summed E-state index contributed by atoms with van der Waals surface area (Å²) in [6, 6.07) is 9.53. The van der Waals surface area contributed by atoms with Crippen LogP contribution in [-0.2, 0) is 0 Å². The first kappa shape index (κ1) is 11.6. The Labute approximate surface area is 95.3 Å². The first-order valence-electron chi connectivity index (χ1n) is 4.63. The second-order valence-corrected chi connectivity index (χ2v) is 3.64. The maximum atomic E-state index is 9.10. The lowest BCUT2D eigenvalue weighted by Crippen LogP contribution is -2.05. The van der Waals surface area contributed by atoms with E-state index in [1.165, 1.54) is 0 Å². The average Bonchev–Trinajstić information content (AvgIpc) is 2.27. The van der Waals surface area contributed by atoms with Gasteiger partial charge in [0.05, 0.1) is 12.0 Å². The standard InChI is InChI=1S/C13H12ClN/c1-3-10(4-2)13(9-15)11-5-7-12(14)8-6-11/h3-8,10,13H,1-2H2. The normalized spacial score (nSPS) is 11.8. The third-order valence-corrected chi connectivity index (χ3v) is 2.55. The Balaban J connectivity index is 3.02. The average molecular weight is 218 g/mol. The molecule has 0 spiro atoms. The lowest BCUT2D eigenvalue weighted by atomic mass is 9.87. The first-order chi connectivity index (χ1) is 7.22. The number of allylic oxidation sites excluding steroid dienone is 2. The minimum atomic E-state index is -0.239. The van der Waals surface area contributed by atoms with Crippen LogP contribution in [0.5, 0.6) is 0 Å². The highest BCUT2D eigenvalue weighted by Gasteiger charge is 2.17. The molecule has 76 valence electrons. The summed E-state index contributed by atoms with van der Waals surface area (Å²) in [6.07, 6.45) is 3.46. The maximum Gasteiger partial charge on any atom is 0.0809 e. The molecule has 1 atom stereocenters. The molecule has 1 aromatic rings. The highest BCUT2D eigenvalue weighted by Crippen LogP contribution is 2.26. The third-order valence-electron chi connectivity index (χ3n) is 2.30. The fourth-order valence-electron chi connectivity index (χ4n) is 1.42. The van der Waals surface area contributed by atoms with Gasteiger partial charge in [-0.05, 0) is 17.7 Å². The third kappa shape index (κ3) is 2.71. The number of nitriles is 1. The molecule has 0 fully saturated rings. The first-order valence-corrected chi connectivity index (χ1v) is 5.01. The number of nitrogens with zero attached hydrogens (tertiary/aromatic N) is 1. The molecular weight excluding hydrogens is 206 g/mol. The molecule has 0 aliphatic rings. The number of rotatable bonds is 4. The van der Waals surface area contributed by atoms with Crippen molar-refractivity contribution in [3.8, 4) is 6.07 Å².